The van der Waals surface area contributed by atoms with Crippen LogP contribution in [0.1, 0.15) is 38.7 Å². The zero-order valence-electron chi connectivity index (χ0n) is 14.2. The van der Waals surface area contributed by atoms with Crippen LogP contribution in [0.5, 0.6) is 5.75 Å². The van der Waals surface area contributed by atoms with E-state index in [0.717, 1.165) is 5.56 Å². The molecule has 1 aliphatic heterocycles. The molecule has 3 unspecified atom stereocenters. The van der Waals surface area contributed by atoms with Crippen LogP contribution in [0.15, 0.2) is 30.5 Å². The second-order valence-corrected chi connectivity index (χ2v) is 6.34. The predicted octanol–water partition coefficient (Wildman–Crippen LogP) is 2.65. The molecule has 6 heteroatoms. The van der Waals surface area contributed by atoms with E-state index in [4.69, 9.17) is 14.2 Å². The maximum Gasteiger partial charge on any atom is 0.308 e. The molecule has 132 valence electrons. The Hall–Kier alpha value is -2.63. The van der Waals surface area contributed by atoms with Crippen molar-refractivity contribution in [1.82, 2.24) is 0 Å². The van der Waals surface area contributed by atoms with Gasteiger partial charge in [0.1, 0.15) is 18.0 Å². The van der Waals surface area contributed by atoms with Gasteiger partial charge in [0.25, 0.3) is 0 Å². The number of Topliss-reactive ketones (excluding diaryl/α,β-unsaturated/α-hetero) is 1. The van der Waals surface area contributed by atoms with Crippen molar-refractivity contribution in [3.63, 3.8) is 0 Å². The van der Waals surface area contributed by atoms with Crippen molar-refractivity contribution < 1.29 is 28.6 Å². The van der Waals surface area contributed by atoms with Gasteiger partial charge in [0, 0.05) is 20.3 Å². The van der Waals surface area contributed by atoms with E-state index in [9.17, 15) is 14.4 Å². The largest absolute Gasteiger partial charge is 0.496 e. The Morgan fingerprint density at radius 2 is 1.80 bits per heavy atom. The number of hydrogen-bond donors (Lipinski definition) is 0. The van der Waals surface area contributed by atoms with E-state index in [1.807, 2.05) is 0 Å². The van der Waals surface area contributed by atoms with Crippen LogP contribution < -0.4 is 4.74 Å². The van der Waals surface area contributed by atoms with Crippen molar-refractivity contribution in [1.29, 1.82) is 0 Å². The highest BCUT2D eigenvalue weighted by atomic mass is 16.5. The summed E-state index contributed by atoms with van der Waals surface area (Å²) in [5.74, 6) is -0.454. The van der Waals surface area contributed by atoms with Crippen molar-refractivity contribution in [3.8, 4) is 5.75 Å². The molecule has 0 saturated heterocycles. The average molecular weight is 344 g/mol. The number of hydrogen-bond acceptors (Lipinski definition) is 6. The third-order valence-corrected chi connectivity index (χ3v) is 4.47. The molecular formula is C19H20O6. The Balaban J connectivity index is 1.72. The molecule has 2 aliphatic rings. The fourth-order valence-electron chi connectivity index (χ4n) is 3.38. The topological polar surface area (TPSA) is 78.9 Å². The molecule has 3 rings (SSSR count). The molecule has 1 aromatic carbocycles. The Morgan fingerprint density at radius 3 is 2.44 bits per heavy atom. The van der Waals surface area contributed by atoms with Crippen molar-refractivity contribution in [3.05, 3.63) is 36.1 Å². The van der Waals surface area contributed by atoms with Crippen molar-refractivity contribution in [2.24, 2.45) is 5.92 Å². The zero-order chi connectivity index (χ0) is 18.0. The monoisotopic (exact) mass is 344 g/mol. The minimum Gasteiger partial charge on any atom is -0.496 e. The highest BCUT2D eigenvalue weighted by Crippen LogP contribution is 2.37. The first-order chi connectivity index (χ1) is 11.9. The predicted molar refractivity (Wildman–Crippen MR) is 88.5 cm³/mol. The van der Waals surface area contributed by atoms with Crippen LogP contribution in [0.25, 0.3) is 5.57 Å². The van der Waals surface area contributed by atoms with Gasteiger partial charge in [-0.05, 0) is 30.5 Å². The third kappa shape index (κ3) is 3.90. The Morgan fingerprint density at radius 1 is 1.08 bits per heavy atom. The summed E-state index contributed by atoms with van der Waals surface area (Å²) in [6.07, 6.45) is 2.86. The van der Waals surface area contributed by atoms with Gasteiger partial charge in [-0.2, -0.15) is 0 Å². The number of ketones is 1. The van der Waals surface area contributed by atoms with Crippen LogP contribution in [-0.4, -0.2) is 29.9 Å². The second kappa shape index (κ2) is 7.09. The summed E-state index contributed by atoms with van der Waals surface area (Å²) < 4.78 is 16.0. The van der Waals surface area contributed by atoms with Gasteiger partial charge in [-0.3, -0.25) is 14.4 Å². The van der Waals surface area contributed by atoms with Crippen LogP contribution in [0, 0.1) is 5.92 Å². The molecule has 1 heterocycles. The van der Waals surface area contributed by atoms with Crippen LogP contribution in [0.2, 0.25) is 0 Å². The lowest BCUT2D eigenvalue weighted by Gasteiger charge is -2.37. The lowest BCUT2D eigenvalue weighted by atomic mass is 9.78. The van der Waals surface area contributed by atoms with Gasteiger partial charge in [-0.25, -0.2) is 0 Å². The summed E-state index contributed by atoms with van der Waals surface area (Å²) in [5.41, 5.74) is 1.24. The fraction of sp³-hybridized carbons (Fsp3) is 0.421. The molecule has 0 bridgehead atoms. The second-order valence-electron chi connectivity index (χ2n) is 6.34. The molecule has 0 N–H and O–H groups in total. The van der Waals surface area contributed by atoms with E-state index in [2.05, 4.69) is 0 Å². The van der Waals surface area contributed by atoms with E-state index in [1.165, 1.54) is 20.1 Å². The molecule has 0 aromatic heterocycles. The number of carbonyl (C=O) groups is 3. The number of esters is 2. The number of benzene rings is 1. The van der Waals surface area contributed by atoms with Gasteiger partial charge in [-0.15, -0.1) is 0 Å². The molecule has 3 atom stereocenters. The lowest BCUT2D eigenvalue weighted by Crippen LogP contribution is -2.41. The normalized spacial score (nSPS) is 25.3. The standard InChI is InChI=1S/C19H20O6/c1-11(20)24-14-5-3-13(4-6-14)17-10-23-18-9-15(25-12(2)21)7-8-16(18)19(17)22/h3-6,10,15-16,18H,7-9H2,1-2H3. The first kappa shape index (κ1) is 17.2. The van der Waals surface area contributed by atoms with Crippen molar-refractivity contribution in [2.45, 2.75) is 45.3 Å². The Bertz CT molecular complexity index is 718. The molecule has 1 aromatic rings. The number of rotatable bonds is 3. The maximum atomic E-state index is 12.8. The Kier molecular flexibility index (Phi) is 4.88. The summed E-state index contributed by atoms with van der Waals surface area (Å²) in [7, 11) is 0. The van der Waals surface area contributed by atoms with Gasteiger partial charge in [-0.1, -0.05) is 12.1 Å². The summed E-state index contributed by atoms with van der Waals surface area (Å²) in [5, 5.41) is 0. The van der Waals surface area contributed by atoms with Crippen LogP contribution >= 0.6 is 0 Å². The quantitative estimate of drug-likeness (QED) is 0.619. The molecule has 6 nitrogen and oxygen atoms in total. The number of fused-ring (bicyclic) bond motifs is 1. The minimum absolute atomic E-state index is 0.0396. The number of allylic oxidation sites excluding steroid dienone is 1. The van der Waals surface area contributed by atoms with E-state index in [0.29, 0.717) is 30.6 Å². The van der Waals surface area contributed by atoms with Gasteiger partial charge in [0.05, 0.1) is 17.8 Å². The maximum absolute atomic E-state index is 12.8. The average Bonchev–Trinajstić information content (AvgIpc) is 2.55. The van der Waals surface area contributed by atoms with E-state index >= 15 is 0 Å². The summed E-state index contributed by atoms with van der Waals surface area (Å²) in [4.78, 5) is 34.9. The first-order valence-corrected chi connectivity index (χ1v) is 8.30. The molecule has 25 heavy (non-hydrogen) atoms. The molecular weight excluding hydrogens is 324 g/mol. The highest BCUT2D eigenvalue weighted by molar-refractivity contribution is 6.22. The van der Waals surface area contributed by atoms with E-state index in [1.54, 1.807) is 24.3 Å². The summed E-state index contributed by atoms with van der Waals surface area (Å²) in [6, 6.07) is 6.76. The van der Waals surface area contributed by atoms with Crippen LogP contribution in [0.4, 0.5) is 0 Å². The molecule has 0 radical (unpaired) electrons. The van der Waals surface area contributed by atoms with Gasteiger partial charge >= 0.3 is 11.9 Å². The van der Waals surface area contributed by atoms with Gasteiger partial charge in [0.2, 0.25) is 0 Å². The zero-order valence-corrected chi connectivity index (χ0v) is 14.2. The van der Waals surface area contributed by atoms with E-state index in [-0.39, 0.29) is 29.9 Å². The smallest absolute Gasteiger partial charge is 0.308 e. The summed E-state index contributed by atoms with van der Waals surface area (Å²) in [6.45, 7) is 2.72. The minimum atomic E-state index is -0.392. The molecule has 1 saturated carbocycles. The Labute approximate surface area is 145 Å². The van der Waals surface area contributed by atoms with Crippen molar-refractivity contribution in [2.75, 3.05) is 0 Å². The van der Waals surface area contributed by atoms with Crippen LogP contribution in [-0.2, 0) is 23.9 Å². The fourth-order valence-corrected chi connectivity index (χ4v) is 3.38. The van der Waals surface area contributed by atoms with Crippen LogP contribution in [0.3, 0.4) is 0 Å². The highest BCUT2D eigenvalue weighted by Gasteiger charge is 2.41. The SMILES string of the molecule is CC(=O)Oc1ccc(C2=COC3CC(OC(C)=O)CCC3C2=O)cc1. The summed E-state index contributed by atoms with van der Waals surface area (Å²) >= 11 is 0. The van der Waals surface area contributed by atoms with Gasteiger partial charge in [0.15, 0.2) is 5.78 Å². The molecule has 0 spiro atoms. The van der Waals surface area contributed by atoms with E-state index < -0.39 is 5.97 Å². The number of carbonyl (C=O) groups excluding carboxylic acids is 3. The number of ether oxygens (including phenoxy) is 3. The third-order valence-electron chi connectivity index (χ3n) is 4.47. The molecule has 0 amide bonds. The lowest BCUT2D eigenvalue weighted by molar-refractivity contribution is -0.151. The van der Waals surface area contributed by atoms with Gasteiger partial charge < -0.3 is 14.2 Å². The molecule has 1 fully saturated rings. The van der Waals surface area contributed by atoms with Crippen molar-refractivity contribution >= 4 is 23.3 Å². The molecule has 1 aliphatic carbocycles. The first-order valence-electron chi connectivity index (χ1n) is 8.30.